The molecule has 0 amide bonds. The third-order valence-corrected chi connectivity index (χ3v) is 4.61. The lowest BCUT2D eigenvalue weighted by atomic mass is 10.2. The summed E-state index contributed by atoms with van der Waals surface area (Å²) in [5, 5.41) is 4.93. The van der Waals surface area contributed by atoms with Crippen molar-refractivity contribution in [2.75, 3.05) is 0 Å². The molecular formula is C15H17ClFN3O2S. The third-order valence-electron chi connectivity index (χ3n) is 3.15. The average molecular weight is 358 g/mol. The molecule has 0 atom stereocenters. The molecular weight excluding hydrogens is 341 g/mol. The smallest absolute Gasteiger partial charge is 0.329 e. The summed E-state index contributed by atoms with van der Waals surface area (Å²) in [5.74, 6) is -0.153. The van der Waals surface area contributed by atoms with E-state index in [1.54, 1.807) is 11.8 Å². The van der Waals surface area contributed by atoms with Crippen molar-refractivity contribution < 1.29 is 13.7 Å². The molecule has 0 aliphatic carbocycles. The van der Waals surface area contributed by atoms with E-state index in [-0.39, 0.29) is 27.2 Å². The van der Waals surface area contributed by atoms with Crippen molar-refractivity contribution in [3.05, 3.63) is 28.7 Å². The molecule has 2 heterocycles. The topological polar surface area (TPSA) is 52.6 Å². The van der Waals surface area contributed by atoms with Crippen LogP contribution in [-0.4, -0.2) is 20.6 Å². The molecule has 0 fully saturated rings. The molecule has 8 heteroatoms. The number of ether oxygens (including phenoxy) is 1. The standard InChI is InChI=1S/C15H17ClFN3O2S/c1-8(2)21-12-6-11(10(17)5-9(12)16)18-13-20-7-15(3,4)23-14(20)19-22-13/h5-6,8H,7H2,1-4H3/b18-13-. The van der Waals surface area contributed by atoms with Gasteiger partial charge in [0.25, 0.3) is 0 Å². The van der Waals surface area contributed by atoms with Crippen LogP contribution in [0.2, 0.25) is 5.02 Å². The summed E-state index contributed by atoms with van der Waals surface area (Å²) in [6.45, 7) is 8.64. The molecule has 0 radical (unpaired) electrons. The maximum atomic E-state index is 14.2. The van der Waals surface area contributed by atoms with Crippen LogP contribution in [0.1, 0.15) is 27.7 Å². The van der Waals surface area contributed by atoms with E-state index in [0.29, 0.717) is 12.3 Å². The maximum absolute atomic E-state index is 14.2. The van der Waals surface area contributed by atoms with Crippen molar-refractivity contribution in [1.82, 2.24) is 9.72 Å². The van der Waals surface area contributed by atoms with Gasteiger partial charge in [0.05, 0.1) is 11.1 Å². The van der Waals surface area contributed by atoms with E-state index in [9.17, 15) is 4.39 Å². The predicted octanol–water partition coefficient (Wildman–Crippen LogP) is 4.17. The van der Waals surface area contributed by atoms with Crippen molar-refractivity contribution >= 4 is 29.1 Å². The SMILES string of the molecule is CC(C)Oc1cc(/N=c2\onc3n2CC(C)(C)S3)c(F)cc1Cl. The van der Waals surface area contributed by atoms with Gasteiger partial charge in [-0.2, -0.15) is 4.99 Å². The van der Waals surface area contributed by atoms with E-state index < -0.39 is 5.82 Å². The Balaban J connectivity index is 2.04. The highest BCUT2D eigenvalue weighted by molar-refractivity contribution is 8.00. The molecule has 23 heavy (non-hydrogen) atoms. The van der Waals surface area contributed by atoms with Gasteiger partial charge in [0, 0.05) is 17.4 Å². The average Bonchev–Trinajstić information content (AvgIpc) is 2.91. The number of rotatable bonds is 3. The van der Waals surface area contributed by atoms with Gasteiger partial charge >= 0.3 is 5.68 Å². The molecule has 0 N–H and O–H groups in total. The van der Waals surface area contributed by atoms with Crippen LogP contribution in [-0.2, 0) is 6.54 Å². The first-order chi connectivity index (χ1) is 10.7. The first-order valence-electron chi connectivity index (χ1n) is 7.21. The van der Waals surface area contributed by atoms with E-state index >= 15 is 0 Å². The number of aromatic nitrogens is 2. The molecule has 0 saturated heterocycles. The Morgan fingerprint density at radius 2 is 2.22 bits per heavy atom. The fourth-order valence-electron chi connectivity index (χ4n) is 2.26. The van der Waals surface area contributed by atoms with Gasteiger partial charge in [0.15, 0.2) is 5.82 Å². The van der Waals surface area contributed by atoms with E-state index in [4.69, 9.17) is 20.9 Å². The first-order valence-corrected chi connectivity index (χ1v) is 8.40. The van der Waals surface area contributed by atoms with Crippen molar-refractivity contribution in [2.24, 2.45) is 4.99 Å². The highest BCUT2D eigenvalue weighted by atomic mass is 35.5. The second-order valence-electron chi connectivity index (χ2n) is 6.21. The normalized spacial score (nSPS) is 16.9. The molecule has 1 aliphatic rings. The summed E-state index contributed by atoms with van der Waals surface area (Å²) in [6, 6.07) is 2.67. The molecule has 5 nitrogen and oxygen atoms in total. The zero-order valence-corrected chi connectivity index (χ0v) is 14.8. The zero-order valence-electron chi connectivity index (χ0n) is 13.3. The lowest BCUT2D eigenvalue weighted by molar-refractivity contribution is 0.242. The van der Waals surface area contributed by atoms with Crippen LogP contribution >= 0.6 is 23.4 Å². The highest BCUT2D eigenvalue weighted by Gasteiger charge is 2.32. The van der Waals surface area contributed by atoms with Crippen molar-refractivity contribution in [2.45, 2.75) is 50.2 Å². The number of hydrogen-bond donors (Lipinski definition) is 0. The number of fused-ring (bicyclic) bond motifs is 1. The van der Waals surface area contributed by atoms with Crippen LogP contribution in [0, 0.1) is 5.82 Å². The predicted molar refractivity (Wildman–Crippen MR) is 86.8 cm³/mol. The highest BCUT2D eigenvalue weighted by Crippen LogP contribution is 2.38. The summed E-state index contributed by atoms with van der Waals surface area (Å²) in [6.07, 6.45) is -0.0769. The van der Waals surface area contributed by atoms with Crippen molar-refractivity contribution in [3.63, 3.8) is 0 Å². The Morgan fingerprint density at radius 1 is 1.48 bits per heavy atom. The molecule has 124 valence electrons. The number of benzene rings is 1. The summed E-state index contributed by atoms with van der Waals surface area (Å²) in [4.78, 5) is 4.25. The van der Waals surface area contributed by atoms with E-state index in [2.05, 4.69) is 24.0 Å². The second kappa shape index (κ2) is 5.87. The Hall–Kier alpha value is -1.47. The molecule has 0 bridgehead atoms. The van der Waals surface area contributed by atoms with Crippen LogP contribution in [0.5, 0.6) is 5.75 Å². The zero-order chi connectivity index (χ0) is 16.8. The van der Waals surface area contributed by atoms with Gasteiger partial charge in [0.1, 0.15) is 11.4 Å². The Labute approximate surface area is 142 Å². The number of thioether (sulfide) groups is 1. The molecule has 0 spiro atoms. The Kier molecular flexibility index (Phi) is 4.18. The fraction of sp³-hybridized carbons (Fsp3) is 0.467. The van der Waals surface area contributed by atoms with Gasteiger partial charge in [-0.1, -0.05) is 23.4 Å². The monoisotopic (exact) mass is 357 g/mol. The van der Waals surface area contributed by atoms with Gasteiger partial charge in [-0.15, -0.1) is 0 Å². The molecule has 0 saturated carbocycles. The minimum Gasteiger partial charge on any atom is -0.489 e. The summed E-state index contributed by atoms with van der Waals surface area (Å²) in [5.41, 5.74) is 0.362. The van der Waals surface area contributed by atoms with Crippen LogP contribution in [0.25, 0.3) is 0 Å². The lowest BCUT2D eigenvalue weighted by Gasteiger charge is -2.13. The van der Waals surface area contributed by atoms with Gasteiger partial charge in [-0.25, -0.2) is 4.39 Å². The molecule has 3 rings (SSSR count). The van der Waals surface area contributed by atoms with Crippen molar-refractivity contribution in [3.8, 4) is 5.75 Å². The quantitative estimate of drug-likeness (QED) is 0.827. The summed E-state index contributed by atoms with van der Waals surface area (Å²) in [7, 11) is 0. The largest absolute Gasteiger partial charge is 0.489 e. The van der Waals surface area contributed by atoms with Gasteiger partial charge in [-0.05, 0) is 38.9 Å². The fourth-order valence-corrected chi connectivity index (χ4v) is 3.47. The minimum atomic E-state index is -0.540. The summed E-state index contributed by atoms with van der Waals surface area (Å²) < 4.78 is 26.8. The number of hydrogen-bond acceptors (Lipinski definition) is 5. The maximum Gasteiger partial charge on any atom is 0.329 e. The Bertz CT molecular complexity index is 814. The van der Waals surface area contributed by atoms with Gasteiger partial charge in [-0.3, -0.25) is 4.57 Å². The minimum absolute atomic E-state index is 0.00778. The number of nitrogens with zero attached hydrogens (tertiary/aromatic N) is 3. The van der Waals surface area contributed by atoms with E-state index in [1.165, 1.54) is 12.1 Å². The van der Waals surface area contributed by atoms with Gasteiger partial charge < -0.3 is 9.26 Å². The third kappa shape index (κ3) is 3.40. The van der Waals surface area contributed by atoms with E-state index in [0.717, 1.165) is 5.16 Å². The van der Waals surface area contributed by atoms with Crippen molar-refractivity contribution in [1.29, 1.82) is 0 Å². The molecule has 1 aromatic carbocycles. The molecule has 0 unspecified atom stereocenters. The Morgan fingerprint density at radius 3 is 2.91 bits per heavy atom. The molecule has 1 aliphatic heterocycles. The van der Waals surface area contributed by atoms with Crippen LogP contribution in [0.4, 0.5) is 10.1 Å². The van der Waals surface area contributed by atoms with Crippen LogP contribution < -0.4 is 10.4 Å². The summed E-state index contributed by atoms with van der Waals surface area (Å²) >= 11 is 7.61. The lowest BCUT2D eigenvalue weighted by Crippen LogP contribution is -2.22. The van der Waals surface area contributed by atoms with Gasteiger partial charge in [0.2, 0.25) is 5.16 Å². The van der Waals surface area contributed by atoms with Crippen LogP contribution in [0.3, 0.4) is 0 Å². The van der Waals surface area contributed by atoms with E-state index in [1.807, 2.05) is 18.4 Å². The molecule has 2 aromatic rings. The first kappa shape index (κ1) is 16.4. The second-order valence-corrected chi connectivity index (χ2v) is 8.29. The molecule has 1 aromatic heterocycles. The van der Waals surface area contributed by atoms with Crippen LogP contribution in [0.15, 0.2) is 26.8 Å². The number of halogens is 2.